The maximum absolute atomic E-state index is 12.3. The lowest BCUT2D eigenvalue weighted by Gasteiger charge is -2.24. The minimum Gasteiger partial charge on any atom is -0.342 e. The smallest absolute Gasteiger partial charge is 0.227 e. The van der Waals surface area contributed by atoms with Crippen molar-refractivity contribution in [1.82, 2.24) is 10.2 Å². The van der Waals surface area contributed by atoms with E-state index in [1.165, 1.54) is 5.56 Å². The van der Waals surface area contributed by atoms with E-state index < -0.39 is 0 Å². The van der Waals surface area contributed by atoms with Crippen LogP contribution in [0.15, 0.2) is 30.3 Å². The molecule has 1 atom stereocenters. The summed E-state index contributed by atoms with van der Waals surface area (Å²) < 4.78 is 0. The first-order chi connectivity index (χ1) is 8.81. The van der Waals surface area contributed by atoms with Crippen LogP contribution >= 0.6 is 12.4 Å². The molecule has 1 fully saturated rings. The molecule has 1 heterocycles. The lowest BCUT2D eigenvalue weighted by atomic mass is 10.1. The van der Waals surface area contributed by atoms with Gasteiger partial charge in [0, 0.05) is 19.6 Å². The van der Waals surface area contributed by atoms with Crippen molar-refractivity contribution < 1.29 is 4.79 Å². The topological polar surface area (TPSA) is 32.3 Å². The highest BCUT2D eigenvalue weighted by Gasteiger charge is 2.25. The average Bonchev–Trinajstić information content (AvgIpc) is 2.94. The fourth-order valence-corrected chi connectivity index (χ4v) is 2.46. The Hall–Kier alpha value is -1.06. The van der Waals surface area contributed by atoms with Gasteiger partial charge >= 0.3 is 0 Å². The molecule has 1 unspecified atom stereocenters. The number of hydrogen-bond donors (Lipinski definition) is 1. The second-order valence-corrected chi connectivity index (χ2v) is 4.84. The Morgan fingerprint density at radius 2 is 2.11 bits per heavy atom. The largest absolute Gasteiger partial charge is 0.342 e. The first-order valence-corrected chi connectivity index (χ1v) is 6.84. The van der Waals surface area contributed by atoms with E-state index in [1.54, 1.807) is 0 Å². The number of nitrogens with zero attached hydrogens (tertiary/aromatic N) is 1. The number of hydrogen-bond acceptors (Lipinski definition) is 2. The Kier molecular flexibility index (Phi) is 6.89. The summed E-state index contributed by atoms with van der Waals surface area (Å²) >= 11 is 0. The van der Waals surface area contributed by atoms with Gasteiger partial charge in [0.15, 0.2) is 0 Å². The number of amides is 1. The lowest BCUT2D eigenvalue weighted by molar-refractivity contribution is -0.134. The van der Waals surface area contributed by atoms with Crippen LogP contribution in [-0.2, 0) is 11.2 Å². The lowest BCUT2D eigenvalue weighted by Crippen LogP contribution is -2.38. The van der Waals surface area contributed by atoms with Gasteiger partial charge in [0.25, 0.3) is 0 Å². The number of benzene rings is 1. The molecule has 1 aromatic carbocycles. The Bertz CT molecular complexity index is 377. The van der Waals surface area contributed by atoms with Crippen LogP contribution in [0.3, 0.4) is 0 Å². The molecule has 0 aliphatic carbocycles. The van der Waals surface area contributed by atoms with Crippen LogP contribution in [0.2, 0.25) is 0 Å². The Balaban J connectivity index is 0.00000180. The molecule has 1 N–H and O–H groups in total. The van der Waals surface area contributed by atoms with Crippen LogP contribution in [0.1, 0.15) is 18.9 Å². The molecular formula is C15H23ClN2O. The Morgan fingerprint density at radius 1 is 1.37 bits per heavy atom. The SMILES string of the molecule is CCN(CCc1ccccc1)C(=O)C1CCNC1.Cl. The minimum absolute atomic E-state index is 0. The quantitative estimate of drug-likeness (QED) is 0.897. The maximum atomic E-state index is 12.3. The van der Waals surface area contributed by atoms with Gasteiger partial charge in [-0.3, -0.25) is 4.79 Å². The van der Waals surface area contributed by atoms with Gasteiger partial charge in [-0.2, -0.15) is 0 Å². The molecule has 0 bridgehead atoms. The van der Waals surface area contributed by atoms with Crippen molar-refractivity contribution in [3.8, 4) is 0 Å². The predicted octanol–water partition coefficient (Wildman–Crippen LogP) is 2.11. The van der Waals surface area contributed by atoms with Gasteiger partial charge in [-0.05, 0) is 31.9 Å². The zero-order valence-electron chi connectivity index (χ0n) is 11.5. The van der Waals surface area contributed by atoms with Crippen molar-refractivity contribution in [3.63, 3.8) is 0 Å². The molecule has 1 aliphatic heterocycles. The molecule has 1 saturated heterocycles. The first kappa shape index (κ1) is 16.0. The maximum Gasteiger partial charge on any atom is 0.227 e. The average molecular weight is 283 g/mol. The molecule has 3 nitrogen and oxygen atoms in total. The number of nitrogens with one attached hydrogen (secondary N) is 1. The minimum atomic E-state index is 0. The molecule has 1 aromatic rings. The second kappa shape index (κ2) is 8.18. The summed E-state index contributed by atoms with van der Waals surface area (Å²) in [5.41, 5.74) is 1.30. The molecule has 4 heteroatoms. The monoisotopic (exact) mass is 282 g/mol. The van der Waals surface area contributed by atoms with Crippen LogP contribution in [-0.4, -0.2) is 37.0 Å². The number of halogens is 1. The molecule has 0 radical (unpaired) electrons. The van der Waals surface area contributed by atoms with E-state index >= 15 is 0 Å². The third-order valence-corrected chi connectivity index (χ3v) is 3.62. The molecule has 1 aliphatic rings. The zero-order valence-corrected chi connectivity index (χ0v) is 12.3. The molecule has 0 aromatic heterocycles. The summed E-state index contributed by atoms with van der Waals surface area (Å²) in [7, 11) is 0. The van der Waals surface area contributed by atoms with E-state index in [-0.39, 0.29) is 18.3 Å². The van der Waals surface area contributed by atoms with Crippen molar-refractivity contribution in [3.05, 3.63) is 35.9 Å². The van der Waals surface area contributed by atoms with Gasteiger partial charge in [0.2, 0.25) is 5.91 Å². The number of carbonyl (C=O) groups is 1. The molecular weight excluding hydrogens is 260 g/mol. The molecule has 106 valence electrons. The number of likely N-dealkylation sites (N-methyl/N-ethyl adjacent to an activating group) is 1. The second-order valence-electron chi connectivity index (χ2n) is 4.84. The van der Waals surface area contributed by atoms with Gasteiger partial charge in [0.05, 0.1) is 5.92 Å². The third kappa shape index (κ3) is 4.51. The molecule has 1 amide bonds. The Labute approximate surface area is 121 Å². The van der Waals surface area contributed by atoms with Gasteiger partial charge in [-0.1, -0.05) is 30.3 Å². The zero-order chi connectivity index (χ0) is 12.8. The van der Waals surface area contributed by atoms with Crippen molar-refractivity contribution in [2.24, 2.45) is 5.92 Å². The van der Waals surface area contributed by atoms with Gasteiger partial charge in [0.1, 0.15) is 0 Å². The summed E-state index contributed by atoms with van der Waals surface area (Å²) in [5, 5.41) is 3.26. The summed E-state index contributed by atoms with van der Waals surface area (Å²) in [4.78, 5) is 14.3. The highest BCUT2D eigenvalue weighted by Crippen LogP contribution is 2.12. The number of carbonyl (C=O) groups excluding carboxylic acids is 1. The number of rotatable bonds is 5. The molecule has 0 spiro atoms. The van der Waals surface area contributed by atoms with E-state index in [0.29, 0.717) is 5.91 Å². The standard InChI is InChI=1S/C15H22N2O.ClH/c1-2-17(15(18)14-8-10-16-12-14)11-9-13-6-4-3-5-7-13;/h3-7,14,16H,2,8-12H2,1H3;1H. The van der Waals surface area contributed by atoms with Crippen molar-refractivity contribution in [2.45, 2.75) is 19.8 Å². The van der Waals surface area contributed by atoms with Crippen LogP contribution in [0.4, 0.5) is 0 Å². The molecule has 0 saturated carbocycles. The van der Waals surface area contributed by atoms with Crippen molar-refractivity contribution in [1.29, 1.82) is 0 Å². The summed E-state index contributed by atoms with van der Waals surface area (Å²) in [6.07, 6.45) is 1.93. The van der Waals surface area contributed by atoms with Gasteiger partial charge in [-0.15, -0.1) is 12.4 Å². The Morgan fingerprint density at radius 3 is 2.68 bits per heavy atom. The first-order valence-electron chi connectivity index (χ1n) is 6.84. The predicted molar refractivity (Wildman–Crippen MR) is 80.6 cm³/mol. The van der Waals surface area contributed by atoms with E-state index in [2.05, 4.69) is 24.4 Å². The van der Waals surface area contributed by atoms with E-state index in [0.717, 1.165) is 39.0 Å². The summed E-state index contributed by atoms with van der Waals surface area (Å²) in [6.45, 7) is 5.52. The van der Waals surface area contributed by atoms with Gasteiger partial charge < -0.3 is 10.2 Å². The van der Waals surface area contributed by atoms with Crippen molar-refractivity contribution in [2.75, 3.05) is 26.2 Å². The summed E-state index contributed by atoms with van der Waals surface area (Å²) in [5.74, 6) is 0.513. The van der Waals surface area contributed by atoms with Crippen LogP contribution in [0.5, 0.6) is 0 Å². The van der Waals surface area contributed by atoms with E-state index in [1.807, 2.05) is 23.1 Å². The summed E-state index contributed by atoms with van der Waals surface area (Å²) in [6, 6.07) is 10.4. The normalized spacial score (nSPS) is 17.8. The van der Waals surface area contributed by atoms with Crippen LogP contribution in [0, 0.1) is 5.92 Å². The van der Waals surface area contributed by atoms with Crippen LogP contribution in [0.25, 0.3) is 0 Å². The van der Waals surface area contributed by atoms with Crippen LogP contribution < -0.4 is 5.32 Å². The molecule has 2 rings (SSSR count). The third-order valence-electron chi connectivity index (χ3n) is 3.62. The highest BCUT2D eigenvalue weighted by atomic mass is 35.5. The fourth-order valence-electron chi connectivity index (χ4n) is 2.46. The van der Waals surface area contributed by atoms with E-state index in [9.17, 15) is 4.79 Å². The molecule has 19 heavy (non-hydrogen) atoms. The highest BCUT2D eigenvalue weighted by molar-refractivity contribution is 5.85. The van der Waals surface area contributed by atoms with Gasteiger partial charge in [-0.25, -0.2) is 0 Å². The van der Waals surface area contributed by atoms with E-state index in [4.69, 9.17) is 0 Å². The van der Waals surface area contributed by atoms with Crippen molar-refractivity contribution >= 4 is 18.3 Å². The fraction of sp³-hybridized carbons (Fsp3) is 0.533.